The fourth-order valence-electron chi connectivity index (χ4n) is 3.55. The summed E-state index contributed by atoms with van der Waals surface area (Å²) < 4.78 is 11.2. The van der Waals surface area contributed by atoms with Crippen molar-refractivity contribution in [3.63, 3.8) is 0 Å². The number of aromatic amines is 1. The van der Waals surface area contributed by atoms with Gasteiger partial charge in [0.05, 0.1) is 36.5 Å². The molecule has 0 aliphatic carbocycles. The van der Waals surface area contributed by atoms with E-state index >= 15 is 0 Å². The Bertz CT molecular complexity index is 999. The van der Waals surface area contributed by atoms with Gasteiger partial charge in [0, 0.05) is 23.3 Å². The number of rotatable bonds is 4. The number of nitrogens with one attached hydrogen (secondary N) is 2. The maximum absolute atomic E-state index is 12.4. The third-order valence-corrected chi connectivity index (χ3v) is 5.56. The van der Waals surface area contributed by atoms with Gasteiger partial charge in [0.2, 0.25) is 5.91 Å². The van der Waals surface area contributed by atoms with E-state index in [4.69, 9.17) is 9.47 Å². The van der Waals surface area contributed by atoms with Crippen molar-refractivity contribution >= 4 is 34.3 Å². The number of methoxy groups -OCH3 is 2. The Morgan fingerprint density at radius 1 is 1.15 bits per heavy atom. The molecule has 1 atom stereocenters. The number of ether oxygens (including phenoxy) is 2. The average Bonchev–Trinajstić information content (AvgIpc) is 3.15. The van der Waals surface area contributed by atoms with Gasteiger partial charge < -0.3 is 14.8 Å². The molecule has 4 rings (SSSR count). The monoisotopic (exact) mass is 369 g/mol. The van der Waals surface area contributed by atoms with Crippen molar-refractivity contribution in [3.8, 4) is 11.5 Å². The van der Waals surface area contributed by atoms with Crippen LogP contribution in [-0.4, -0.2) is 36.6 Å². The molecule has 2 N–H and O–H groups in total. The molecule has 2 heterocycles. The molecule has 26 heavy (non-hydrogen) atoms. The van der Waals surface area contributed by atoms with Crippen LogP contribution in [0.4, 0.5) is 5.69 Å². The molecule has 0 saturated carbocycles. The van der Waals surface area contributed by atoms with Gasteiger partial charge in [-0.2, -0.15) is 5.10 Å². The standard InChI is InChI=1S/C19H19N3O3S/c1-24-15-8-17(26-3)16(25-2)6-12(15)11-7-18(23)21-19-10(11)4-5-14-13(19)9-20-22-14/h4-6,8-9,11H,7H2,1-3H3,(H,20,22)(H,21,23). The van der Waals surface area contributed by atoms with Gasteiger partial charge in [-0.05, 0) is 30.0 Å². The van der Waals surface area contributed by atoms with Gasteiger partial charge in [0.25, 0.3) is 0 Å². The Morgan fingerprint density at radius 2 is 1.96 bits per heavy atom. The highest BCUT2D eigenvalue weighted by atomic mass is 32.2. The van der Waals surface area contributed by atoms with Crippen LogP contribution in [0.3, 0.4) is 0 Å². The lowest BCUT2D eigenvalue weighted by atomic mass is 9.83. The van der Waals surface area contributed by atoms with Crippen LogP contribution in [0.15, 0.2) is 35.4 Å². The van der Waals surface area contributed by atoms with Gasteiger partial charge in [-0.1, -0.05) is 6.07 Å². The lowest BCUT2D eigenvalue weighted by Gasteiger charge is -2.28. The summed E-state index contributed by atoms with van der Waals surface area (Å²) in [7, 11) is 3.31. The Kier molecular flexibility index (Phi) is 4.24. The second kappa shape index (κ2) is 6.57. The maximum atomic E-state index is 12.4. The molecule has 1 aliphatic heterocycles. The van der Waals surface area contributed by atoms with Crippen LogP contribution < -0.4 is 14.8 Å². The summed E-state index contributed by atoms with van der Waals surface area (Å²) in [5.74, 6) is 1.40. The molecular weight excluding hydrogens is 350 g/mol. The van der Waals surface area contributed by atoms with Crippen LogP contribution in [0.5, 0.6) is 11.5 Å². The number of thioether (sulfide) groups is 1. The van der Waals surface area contributed by atoms with E-state index in [9.17, 15) is 4.79 Å². The van der Waals surface area contributed by atoms with E-state index in [2.05, 4.69) is 15.5 Å². The third kappa shape index (κ3) is 2.59. The highest BCUT2D eigenvalue weighted by molar-refractivity contribution is 7.98. The first-order valence-corrected chi connectivity index (χ1v) is 9.44. The Morgan fingerprint density at radius 3 is 2.69 bits per heavy atom. The fraction of sp³-hybridized carbons (Fsp3) is 0.263. The Balaban J connectivity index is 1.93. The number of hydrogen-bond acceptors (Lipinski definition) is 5. The summed E-state index contributed by atoms with van der Waals surface area (Å²) in [6, 6.07) is 7.98. The molecule has 1 amide bonds. The molecule has 0 spiro atoms. The van der Waals surface area contributed by atoms with E-state index in [0.29, 0.717) is 6.42 Å². The molecule has 1 aliphatic rings. The minimum Gasteiger partial charge on any atom is -0.496 e. The normalized spacial score (nSPS) is 16.3. The molecule has 0 saturated heterocycles. The van der Waals surface area contributed by atoms with Gasteiger partial charge >= 0.3 is 0 Å². The van der Waals surface area contributed by atoms with Crippen LogP contribution in [0, 0.1) is 0 Å². The molecule has 0 fully saturated rings. The molecule has 1 aromatic heterocycles. The number of hydrogen-bond donors (Lipinski definition) is 2. The number of carbonyl (C=O) groups is 1. The minimum absolute atomic E-state index is 0.0221. The fourth-order valence-corrected chi connectivity index (χ4v) is 4.12. The lowest BCUT2D eigenvalue weighted by Crippen LogP contribution is -2.24. The summed E-state index contributed by atoms with van der Waals surface area (Å²) in [5.41, 5.74) is 3.70. The van der Waals surface area contributed by atoms with Gasteiger partial charge in [-0.15, -0.1) is 11.8 Å². The topological polar surface area (TPSA) is 76.2 Å². The number of benzene rings is 2. The molecule has 7 heteroatoms. The number of aromatic nitrogens is 2. The van der Waals surface area contributed by atoms with E-state index in [1.54, 1.807) is 32.2 Å². The Hall–Kier alpha value is -2.67. The first kappa shape index (κ1) is 16.8. The van der Waals surface area contributed by atoms with Gasteiger partial charge in [0.15, 0.2) is 0 Å². The number of H-pyrrole nitrogens is 1. The molecule has 3 aromatic rings. The van der Waals surface area contributed by atoms with Crippen molar-refractivity contribution in [3.05, 3.63) is 41.6 Å². The molecule has 1 unspecified atom stereocenters. The molecule has 134 valence electrons. The van der Waals surface area contributed by atoms with Crippen molar-refractivity contribution in [2.24, 2.45) is 0 Å². The van der Waals surface area contributed by atoms with E-state index in [-0.39, 0.29) is 11.8 Å². The second-order valence-electron chi connectivity index (χ2n) is 6.12. The summed E-state index contributed by atoms with van der Waals surface area (Å²) in [4.78, 5) is 13.4. The largest absolute Gasteiger partial charge is 0.496 e. The quantitative estimate of drug-likeness (QED) is 0.685. The predicted octanol–water partition coefficient (Wildman–Crippen LogP) is 3.78. The smallest absolute Gasteiger partial charge is 0.225 e. The first-order chi connectivity index (χ1) is 12.7. The van der Waals surface area contributed by atoms with Crippen LogP contribution in [0.1, 0.15) is 23.5 Å². The number of nitrogens with zero attached hydrogens (tertiary/aromatic N) is 1. The van der Waals surface area contributed by atoms with E-state index in [0.717, 1.165) is 44.1 Å². The van der Waals surface area contributed by atoms with Crippen molar-refractivity contribution in [2.45, 2.75) is 17.2 Å². The molecular formula is C19H19N3O3S. The van der Waals surface area contributed by atoms with E-state index in [1.165, 1.54) is 0 Å². The molecule has 0 radical (unpaired) electrons. The first-order valence-electron chi connectivity index (χ1n) is 8.22. The van der Waals surface area contributed by atoms with Gasteiger partial charge in [-0.3, -0.25) is 9.89 Å². The average molecular weight is 369 g/mol. The lowest BCUT2D eigenvalue weighted by molar-refractivity contribution is -0.116. The SMILES string of the molecule is COc1cc(C2CC(=O)Nc3c2ccc2[nH]ncc32)c(OC)cc1SC. The zero-order valence-electron chi connectivity index (χ0n) is 14.8. The highest BCUT2D eigenvalue weighted by Gasteiger charge is 2.31. The van der Waals surface area contributed by atoms with Crippen LogP contribution in [0.2, 0.25) is 0 Å². The summed E-state index contributed by atoms with van der Waals surface area (Å²) in [6.07, 6.45) is 4.09. The second-order valence-corrected chi connectivity index (χ2v) is 6.96. The van der Waals surface area contributed by atoms with Crippen LogP contribution in [0.25, 0.3) is 10.9 Å². The Labute approximate surface area is 155 Å². The number of carbonyl (C=O) groups excluding carboxylic acids is 1. The minimum atomic E-state index is -0.113. The maximum Gasteiger partial charge on any atom is 0.225 e. The van der Waals surface area contributed by atoms with Crippen molar-refractivity contribution in [2.75, 3.05) is 25.8 Å². The molecule has 6 nitrogen and oxygen atoms in total. The number of anilines is 1. The highest BCUT2D eigenvalue weighted by Crippen LogP contribution is 2.46. The number of amides is 1. The summed E-state index contributed by atoms with van der Waals surface area (Å²) in [5, 5.41) is 11.0. The van der Waals surface area contributed by atoms with Crippen molar-refractivity contribution in [1.29, 1.82) is 0 Å². The van der Waals surface area contributed by atoms with Crippen molar-refractivity contribution < 1.29 is 14.3 Å². The van der Waals surface area contributed by atoms with E-state index in [1.807, 2.05) is 30.5 Å². The van der Waals surface area contributed by atoms with Crippen LogP contribution >= 0.6 is 11.8 Å². The predicted molar refractivity (Wildman–Crippen MR) is 103 cm³/mol. The molecule has 2 aromatic carbocycles. The number of fused-ring (bicyclic) bond motifs is 3. The van der Waals surface area contributed by atoms with Crippen molar-refractivity contribution in [1.82, 2.24) is 10.2 Å². The van der Waals surface area contributed by atoms with E-state index < -0.39 is 0 Å². The van der Waals surface area contributed by atoms with Gasteiger partial charge in [-0.25, -0.2) is 0 Å². The zero-order valence-corrected chi connectivity index (χ0v) is 15.6. The van der Waals surface area contributed by atoms with Gasteiger partial charge in [0.1, 0.15) is 11.5 Å². The van der Waals surface area contributed by atoms with Crippen LogP contribution in [-0.2, 0) is 4.79 Å². The third-order valence-electron chi connectivity index (χ3n) is 4.80. The summed E-state index contributed by atoms with van der Waals surface area (Å²) in [6.45, 7) is 0. The zero-order chi connectivity index (χ0) is 18.3. The summed E-state index contributed by atoms with van der Waals surface area (Å²) >= 11 is 1.60. The molecule has 0 bridgehead atoms.